The minimum atomic E-state index is -0.464. The van der Waals surface area contributed by atoms with Crippen LogP contribution in [0, 0.1) is 6.92 Å². The molecule has 6 heteroatoms. The molecule has 118 valence electrons. The summed E-state index contributed by atoms with van der Waals surface area (Å²) in [7, 11) is 0. The number of aromatic amines is 1. The van der Waals surface area contributed by atoms with Gasteiger partial charge in [-0.1, -0.05) is 0 Å². The van der Waals surface area contributed by atoms with Crippen molar-refractivity contribution in [3.05, 3.63) is 17.7 Å². The van der Waals surface area contributed by atoms with E-state index in [-0.39, 0.29) is 11.6 Å². The van der Waals surface area contributed by atoms with E-state index >= 15 is 0 Å². The van der Waals surface area contributed by atoms with Gasteiger partial charge in [-0.15, -0.1) is 0 Å². The van der Waals surface area contributed by atoms with Gasteiger partial charge in [0.25, 0.3) is 0 Å². The van der Waals surface area contributed by atoms with Crippen LogP contribution in [0.25, 0.3) is 0 Å². The fourth-order valence-electron chi connectivity index (χ4n) is 2.46. The van der Waals surface area contributed by atoms with Crippen LogP contribution in [0.1, 0.15) is 51.4 Å². The normalized spacial score (nSPS) is 17.1. The lowest BCUT2D eigenvalue weighted by Gasteiger charge is -2.42. The van der Waals surface area contributed by atoms with Crippen molar-refractivity contribution in [1.82, 2.24) is 20.6 Å². The number of hydrogen-bond acceptors (Lipinski definition) is 4. The minimum Gasteiger partial charge on any atom is -0.444 e. The van der Waals surface area contributed by atoms with E-state index < -0.39 is 5.60 Å². The Hall–Kier alpha value is -1.56. The predicted molar refractivity (Wildman–Crippen MR) is 81.0 cm³/mol. The smallest absolute Gasteiger partial charge is 0.408 e. The summed E-state index contributed by atoms with van der Waals surface area (Å²) in [5.74, 6) is 0. The summed E-state index contributed by atoms with van der Waals surface area (Å²) in [5.41, 5.74) is 1.45. The van der Waals surface area contributed by atoms with Crippen LogP contribution >= 0.6 is 0 Å². The van der Waals surface area contributed by atoms with Gasteiger partial charge in [-0.05, 0) is 47.0 Å². The van der Waals surface area contributed by atoms with Gasteiger partial charge in [-0.3, -0.25) is 0 Å². The Morgan fingerprint density at radius 2 is 2.19 bits per heavy atom. The third-order valence-electron chi connectivity index (χ3n) is 3.77. The number of H-pyrrole nitrogens is 1. The van der Waals surface area contributed by atoms with E-state index in [0.29, 0.717) is 6.54 Å². The van der Waals surface area contributed by atoms with Gasteiger partial charge in [-0.25, -0.2) is 9.78 Å². The predicted octanol–water partition coefficient (Wildman–Crippen LogP) is 2.26. The zero-order valence-electron chi connectivity index (χ0n) is 13.4. The second-order valence-corrected chi connectivity index (χ2v) is 6.84. The molecule has 1 aliphatic carbocycles. The zero-order valence-corrected chi connectivity index (χ0v) is 13.4. The van der Waals surface area contributed by atoms with Crippen LogP contribution in [0.3, 0.4) is 0 Å². The van der Waals surface area contributed by atoms with Crippen LogP contribution in [0.15, 0.2) is 6.33 Å². The van der Waals surface area contributed by atoms with Crippen molar-refractivity contribution in [1.29, 1.82) is 0 Å². The van der Waals surface area contributed by atoms with E-state index in [1.165, 1.54) is 0 Å². The Morgan fingerprint density at radius 3 is 2.67 bits per heavy atom. The second-order valence-electron chi connectivity index (χ2n) is 6.84. The monoisotopic (exact) mass is 294 g/mol. The number of rotatable bonds is 5. The first-order valence-corrected chi connectivity index (χ1v) is 7.50. The first-order chi connectivity index (χ1) is 9.80. The van der Waals surface area contributed by atoms with Gasteiger partial charge in [-0.2, -0.15) is 0 Å². The summed E-state index contributed by atoms with van der Waals surface area (Å²) in [5, 5.41) is 6.42. The fourth-order valence-corrected chi connectivity index (χ4v) is 2.46. The number of amides is 1. The molecule has 0 radical (unpaired) electrons. The fraction of sp³-hybridized carbons (Fsp3) is 0.733. The lowest BCUT2D eigenvalue weighted by Crippen LogP contribution is -2.59. The molecule has 1 heterocycles. The third kappa shape index (κ3) is 4.46. The van der Waals surface area contributed by atoms with Crippen molar-refractivity contribution < 1.29 is 9.53 Å². The number of aryl methyl sites for hydroxylation is 1. The average molecular weight is 294 g/mol. The molecule has 1 amide bonds. The van der Waals surface area contributed by atoms with Crippen LogP contribution in [0.4, 0.5) is 4.79 Å². The topological polar surface area (TPSA) is 79.0 Å². The van der Waals surface area contributed by atoms with Crippen molar-refractivity contribution in [2.75, 3.05) is 6.54 Å². The molecule has 1 aromatic rings. The number of hydrogen-bond donors (Lipinski definition) is 3. The van der Waals surface area contributed by atoms with Crippen LogP contribution in [0.2, 0.25) is 0 Å². The first kappa shape index (κ1) is 15.8. The summed E-state index contributed by atoms with van der Waals surface area (Å²) in [6, 6.07) is 0. The number of nitrogens with one attached hydrogen (secondary N) is 3. The number of carbonyl (C=O) groups is 1. The van der Waals surface area contributed by atoms with Gasteiger partial charge in [0.05, 0.1) is 17.6 Å². The Labute approximate surface area is 126 Å². The lowest BCUT2D eigenvalue weighted by molar-refractivity contribution is 0.0382. The van der Waals surface area contributed by atoms with E-state index in [9.17, 15) is 4.79 Å². The van der Waals surface area contributed by atoms with Gasteiger partial charge in [0.15, 0.2) is 0 Å². The molecule has 1 saturated carbocycles. The molecule has 0 aliphatic heterocycles. The maximum atomic E-state index is 11.9. The van der Waals surface area contributed by atoms with Crippen LogP contribution in [0.5, 0.6) is 0 Å². The Bertz CT molecular complexity index is 486. The van der Waals surface area contributed by atoms with E-state index in [0.717, 1.165) is 37.2 Å². The lowest BCUT2D eigenvalue weighted by atomic mass is 9.76. The van der Waals surface area contributed by atoms with Crippen LogP contribution in [-0.2, 0) is 11.3 Å². The minimum absolute atomic E-state index is 0.174. The first-order valence-electron chi connectivity index (χ1n) is 7.50. The molecule has 2 rings (SSSR count). The third-order valence-corrected chi connectivity index (χ3v) is 3.77. The highest BCUT2D eigenvalue weighted by Gasteiger charge is 2.39. The molecule has 6 nitrogen and oxygen atoms in total. The quantitative estimate of drug-likeness (QED) is 0.778. The largest absolute Gasteiger partial charge is 0.444 e. The maximum Gasteiger partial charge on any atom is 0.408 e. The van der Waals surface area contributed by atoms with Gasteiger partial charge < -0.3 is 20.4 Å². The Morgan fingerprint density at radius 1 is 1.48 bits per heavy atom. The summed E-state index contributed by atoms with van der Waals surface area (Å²) in [4.78, 5) is 19.3. The van der Waals surface area contributed by atoms with E-state index in [2.05, 4.69) is 20.6 Å². The second kappa shape index (κ2) is 6.05. The van der Waals surface area contributed by atoms with Crippen LogP contribution < -0.4 is 10.6 Å². The van der Waals surface area contributed by atoms with Crippen LogP contribution in [-0.4, -0.2) is 33.7 Å². The molecule has 1 fully saturated rings. The molecule has 1 aliphatic rings. The molecular formula is C15H26N4O2. The number of ether oxygens (including phenoxy) is 1. The standard InChI is InChI=1S/C15H26N4O2/c1-11-12(18-10-17-11)8-16-9-15(6-5-7-15)19-13(20)21-14(2,3)4/h10,16H,5-9H2,1-4H3,(H,17,18)(H,19,20). The Balaban J connectivity index is 1.81. The highest BCUT2D eigenvalue weighted by atomic mass is 16.6. The van der Waals surface area contributed by atoms with E-state index in [1.807, 2.05) is 27.7 Å². The molecule has 0 spiro atoms. The van der Waals surface area contributed by atoms with Crippen molar-refractivity contribution in [3.8, 4) is 0 Å². The number of aromatic nitrogens is 2. The number of carbonyl (C=O) groups excluding carboxylic acids is 1. The average Bonchev–Trinajstić information content (AvgIpc) is 2.69. The molecule has 0 aromatic carbocycles. The molecule has 0 unspecified atom stereocenters. The summed E-state index contributed by atoms with van der Waals surface area (Å²) >= 11 is 0. The molecule has 1 aromatic heterocycles. The van der Waals surface area contributed by atoms with Gasteiger partial charge in [0.1, 0.15) is 5.60 Å². The highest BCUT2D eigenvalue weighted by molar-refractivity contribution is 5.69. The summed E-state index contributed by atoms with van der Waals surface area (Å²) in [6.07, 6.45) is 4.47. The van der Waals surface area contributed by atoms with E-state index in [1.54, 1.807) is 6.33 Å². The molecular weight excluding hydrogens is 268 g/mol. The van der Waals surface area contributed by atoms with Crippen molar-refractivity contribution in [2.24, 2.45) is 0 Å². The van der Waals surface area contributed by atoms with E-state index in [4.69, 9.17) is 4.74 Å². The highest BCUT2D eigenvalue weighted by Crippen LogP contribution is 2.31. The molecule has 21 heavy (non-hydrogen) atoms. The number of alkyl carbamates (subject to hydrolysis) is 1. The number of imidazole rings is 1. The maximum absolute atomic E-state index is 11.9. The molecule has 3 N–H and O–H groups in total. The number of nitrogens with zero attached hydrogens (tertiary/aromatic N) is 1. The van der Waals surface area contributed by atoms with Crippen molar-refractivity contribution >= 4 is 6.09 Å². The zero-order chi connectivity index (χ0) is 15.5. The van der Waals surface area contributed by atoms with Gasteiger partial charge in [0.2, 0.25) is 0 Å². The van der Waals surface area contributed by atoms with Gasteiger partial charge >= 0.3 is 6.09 Å². The molecule has 0 saturated heterocycles. The summed E-state index contributed by atoms with van der Waals surface area (Å²) in [6.45, 7) is 9.06. The van der Waals surface area contributed by atoms with Crippen molar-refractivity contribution in [2.45, 2.75) is 64.6 Å². The summed E-state index contributed by atoms with van der Waals surface area (Å²) < 4.78 is 5.35. The Kier molecular flexibility index (Phi) is 4.56. The molecule has 0 atom stereocenters. The SMILES string of the molecule is Cc1[nH]cnc1CNCC1(NC(=O)OC(C)(C)C)CCC1. The van der Waals surface area contributed by atoms with Crippen molar-refractivity contribution in [3.63, 3.8) is 0 Å². The molecule has 0 bridgehead atoms. The van der Waals surface area contributed by atoms with Gasteiger partial charge in [0, 0.05) is 18.8 Å².